The lowest BCUT2D eigenvalue weighted by Crippen LogP contribution is -2.44. The van der Waals surface area contributed by atoms with Crippen molar-refractivity contribution in [2.45, 2.75) is 37.7 Å². The first kappa shape index (κ1) is 12.8. The van der Waals surface area contributed by atoms with Crippen LogP contribution in [0.2, 0.25) is 0 Å². The molecule has 0 aromatic rings. The molecule has 4 heteroatoms. The summed E-state index contributed by atoms with van der Waals surface area (Å²) in [6, 6.07) is 0. The monoisotopic (exact) mass is 230 g/mol. The quantitative estimate of drug-likeness (QED) is 0.740. The molecule has 1 saturated heterocycles. The van der Waals surface area contributed by atoms with E-state index in [4.69, 9.17) is 0 Å². The van der Waals surface area contributed by atoms with E-state index < -0.39 is 0 Å². The summed E-state index contributed by atoms with van der Waals surface area (Å²) < 4.78 is 0. The lowest BCUT2D eigenvalue weighted by atomic mass is 10.3. The van der Waals surface area contributed by atoms with Gasteiger partial charge in [-0.1, -0.05) is 20.8 Å². The van der Waals surface area contributed by atoms with Crippen molar-refractivity contribution in [3.63, 3.8) is 0 Å². The van der Waals surface area contributed by atoms with Crippen molar-refractivity contribution in [3.05, 3.63) is 0 Å². The van der Waals surface area contributed by atoms with Gasteiger partial charge in [0.15, 0.2) is 0 Å². The molecule has 0 radical (unpaired) electrons. The summed E-state index contributed by atoms with van der Waals surface area (Å²) in [7, 11) is 0. The van der Waals surface area contributed by atoms with E-state index in [1.54, 1.807) is 0 Å². The number of nitrogens with one attached hydrogen (secondary N) is 1. The molecule has 1 N–H and O–H groups in total. The van der Waals surface area contributed by atoms with E-state index in [0.29, 0.717) is 22.8 Å². The summed E-state index contributed by atoms with van der Waals surface area (Å²) in [5.41, 5.74) is 0. The molecule has 0 aliphatic carbocycles. The molecular formula is C11H22N2OS. The molecule has 0 bridgehead atoms. The molecule has 88 valence electrons. The summed E-state index contributed by atoms with van der Waals surface area (Å²) in [4.78, 5) is 13.9. The zero-order chi connectivity index (χ0) is 11.3. The molecule has 1 fully saturated rings. The maximum Gasteiger partial charge on any atom is 0.223 e. The van der Waals surface area contributed by atoms with Crippen molar-refractivity contribution in [1.82, 2.24) is 10.2 Å². The number of hydrogen-bond acceptors (Lipinski definition) is 3. The summed E-state index contributed by atoms with van der Waals surface area (Å²) >= 11 is 1.98. The maximum absolute atomic E-state index is 11.8. The Labute approximate surface area is 97.0 Å². The van der Waals surface area contributed by atoms with Crippen LogP contribution in [0.15, 0.2) is 0 Å². The Morgan fingerprint density at radius 1 is 1.40 bits per heavy atom. The predicted molar refractivity (Wildman–Crippen MR) is 66.3 cm³/mol. The average molecular weight is 230 g/mol. The van der Waals surface area contributed by atoms with Gasteiger partial charge in [0.1, 0.15) is 0 Å². The fourth-order valence-corrected chi connectivity index (χ4v) is 3.24. The number of rotatable bonds is 4. The number of thioether (sulfide) groups is 1. The Kier molecular flexibility index (Phi) is 5.47. The highest BCUT2D eigenvalue weighted by atomic mass is 32.2. The van der Waals surface area contributed by atoms with Gasteiger partial charge in [0.05, 0.1) is 0 Å². The zero-order valence-corrected chi connectivity index (χ0v) is 10.8. The Bertz CT molecular complexity index is 201. The van der Waals surface area contributed by atoms with Crippen LogP contribution in [0.3, 0.4) is 0 Å². The number of hydrogen-bond donors (Lipinski definition) is 1. The van der Waals surface area contributed by atoms with E-state index in [-0.39, 0.29) is 0 Å². The first-order valence-electron chi connectivity index (χ1n) is 5.77. The molecule has 1 heterocycles. The molecule has 0 aromatic carbocycles. The molecule has 15 heavy (non-hydrogen) atoms. The van der Waals surface area contributed by atoms with Gasteiger partial charge in [0.25, 0.3) is 0 Å². The molecule has 0 aromatic heterocycles. The molecule has 1 amide bonds. The van der Waals surface area contributed by atoms with Crippen molar-refractivity contribution in [1.29, 1.82) is 0 Å². The van der Waals surface area contributed by atoms with Crippen molar-refractivity contribution in [2.75, 3.05) is 26.2 Å². The second kappa shape index (κ2) is 6.38. The number of carbonyl (C=O) groups is 1. The third kappa shape index (κ3) is 4.43. The van der Waals surface area contributed by atoms with Crippen LogP contribution in [0.4, 0.5) is 0 Å². The molecular weight excluding hydrogens is 208 g/mol. The van der Waals surface area contributed by atoms with Crippen LogP contribution in [-0.4, -0.2) is 47.5 Å². The van der Waals surface area contributed by atoms with E-state index in [9.17, 15) is 4.79 Å². The second-order valence-corrected chi connectivity index (χ2v) is 6.04. The lowest BCUT2D eigenvalue weighted by molar-refractivity contribution is -0.131. The standard InChI is InChI=1S/C11H22N2OS/c1-4-12-6-5-11(14)13-7-9(2)15-10(3)8-13/h9-10,12H,4-8H2,1-3H3. The van der Waals surface area contributed by atoms with Gasteiger partial charge >= 0.3 is 0 Å². The minimum Gasteiger partial charge on any atom is -0.340 e. The smallest absolute Gasteiger partial charge is 0.223 e. The van der Waals surface area contributed by atoms with Crippen LogP contribution >= 0.6 is 11.8 Å². The highest BCUT2D eigenvalue weighted by Crippen LogP contribution is 2.24. The molecule has 3 nitrogen and oxygen atoms in total. The number of amides is 1. The lowest BCUT2D eigenvalue weighted by Gasteiger charge is -2.34. The third-order valence-electron chi connectivity index (χ3n) is 2.54. The topological polar surface area (TPSA) is 32.3 Å². The Hall–Kier alpha value is -0.220. The summed E-state index contributed by atoms with van der Waals surface area (Å²) in [6.45, 7) is 10.0. The van der Waals surface area contributed by atoms with Crippen molar-refractivity contribution >= 4 is 17.7 Å². The van der Waals surface area contributed by atoms with Crippen LogP contribution < -0.4 is 5.32 Å². The first-order valence-corrected chi connectivity index (χ1v) is 6.71. The van der Waals surface area contributed by atoms with E-state index in [1.165, 1.54) is 0 Å². The van der Waals surface area contributed by atoms with Crippen LogP contribution in [0, 0.1) is 0 Å². The predicted octanol–water partition coefficient (Wildman–Crippen LogP) is 1.34. The van der Waals surface area contributed by atoms with Gasteiger partial charge in [0, 0.05) is 36.6 Å². The van der Waals surface area contributed by atoms with Crippen molar-refractivity contribution < 1.29 is 4.79 Å². The minimum absolute atomic E-state index is 0.301. The van der Waals surface area contributed by atoms with E-state index in [0.717, 1.165) is 26.2 Å². The number of carbonyl (C=O) groups excluding carboxylic acids is 1. The fourth-order valence-electron chi connectivity index (χ4n) is 1.91. The molecule has 2 atom stereocenters. The Balaban J connectivity index is 2.31. The van der Waals surface area contributed by atoms with Crippen LogP contribution in [-0.2, 0) is 4.79 Å². The van der Waals surface area contributed by atoms with Crippen molar-refractivity contribution in [3.8, 4) is 0 Å². The SMILES string of the molecule is CCNCCC(=O)N1CC(C)SC(C)C1. The van der Waals surface area contributed by atoms with Crippen LogP contribution in [0.5, 0.6) is 0 Å². The molecule has 2 unspecified atom stereocenters. The molecule has 1 aliphatic rings. The Morgan fingerprint density at radius 3 is 2.53 bits per heavy atom. The van der Waals surface area contributed by atoms with E-state index in [2.05, 4.69) is 26.1 Å². The maximum atomic E-state index is 11.8. The minimum atomic E-state index is 0.301. The van der Waals surface area contributed by atoms with Gasteiger partial charge in [-0.05, 0) is 6.54 Å². The van der Waals surface area contributed by atoms with E-state index in [1.807, 2.05) is 16.7 Å². The average Bonchev–Trinajstić information content (AvgIpc) is 2.16. The fraction of sp³-hybridized carbons (Fsp3) is 0.909. The molecule has 1 aliphatic heterocycles. The van der Waals surface area contributed by atoms with Gasteiger partial charge in [-0.15, -0.1) is 0 Å². The molecule has 0 spiro atoms. The normalized spacial score (nSPS) is 26.7. The van der Waals surface area contributed by atoms with Crippen LogP contribution in [0.1, 0.15) is 27.2 Å². The highest BCUT2D eigenvalue weighted by molar-refractivity contribution is 8.00. The van der Waals surface area contributed by atoms with Crippen molar-refractivity contribution in [2.24, 2.45) is 0 Å². The zero-order valence-electron chi connectivity index (χ0n) is 9.95. The summed E-state index contributed by atoms with van der Waals surface area (Å²) in [5.74, 6) is 0.301. The van der Waals surface area contributed by atoms with Crippen LogP contribution in [0.25, 0.3) is 0 Å². The van der Waals surface area contributed by atoms with Gasteiger partial charge in [-0.25, -0.2) is 0 Å². The summed E-state index contributed by atoms with van der Waals surface area (Å²) in [5, 5.41) is 4.35. The Morgan fingerprint density at radius 2 is 2.00 bits per heavy atom. The van der Waals surface area contributed by atoms with E-state index >= 15 is 0 Å². The molecule has 1 rings (SSSR count). The highest BCUT2D eigenvalue weighted by Gasteiger charge is 2.25. The molecule has 0 saturated carbocycles. The number of nitrogens with zero attached hydrogens (tertiary/aromatic N) is 1. The third-order valence-corrected chi connectivity index (χ3v) is 3.77. The first-order chi connectivity index (χ1) is 7.13. The van der Waals surface area contributed by atoms with Gasteiger partial charge < -0.3 is 10.2 Å². The summed E-state index contributed by atoms with van der Waals surface area (Å²) in [6.07, 6.45) is 0.637. The van der Waals surface area contributed by atoms with Gasteiger partial charge in [0.2, 0.25) is 5.91 Å². The van der Waals surface area contributed by atoms with Gasteiger partial charge in [-0.2, -0.15) is 11.8 Å². The second-order valence-electron chi connectivity index (χ2n) is 4.16. The van der Waals surface area contributed by atoms with Gasteiger partial charge in [-0.3, -0.25) is 4.79 Å². The largest absolute Gasteiger partial charge is 0.340 e.